The van der Waals surface area contributed by atoms with Crippen LogP contribution in [0.4, 0.5) is 5.82 Å². The summed E-state index contributed by atoms with van der Waals surface area (Å²) >= 11 is 0. The van der Waals surface area contributed by atoms with E-state index in [-0.39, 0.29) is 24.3 Å². The Hall–Kier alpha value is -3.94. The van der Waals surface area contributed by atoms with E-state index in [1.165, 1.54) is 11.8 Å². The number of ketones is 1. The predicted molar refractivity (Wildman–Crippen MR) is 137 cm³/mol. The van der Waals surface area contributed by atoms with Gasteiger partial charge in [0.25, 0.3) is 0 Å². The summed E-state index contributed by atoms with van der Waals surface area (Å²) in [5.74, 6) is -0.544. The summed E-state index contributed by atoms with van der Waals surface area (Å²) < 4.78 is 7.57. The Kier molecular flexibility index (Phi) is 7.83. The maximum absolute atomic E-state index is 12.9. The van der Waals surface area contributed by atoms with E-state index in [2.05, 4.69) is 26.6 Å². The summed E-state index contributed by atoms with van der Waals surface area (Å²) in [7, 11) is 0. The van der Waals surface area contributed by atoms with E-state index in [9.17, 15) is 14.4 Å². The van der Waals surface area contributed by atoms with E-state index in [4.69, 9.17) is 10.5 Å². The molecule has 0 saturated carbocycles. The van der Waals surface area contributed by atoms with Crippen LogP contribution in [0, 0.1) is 19.8 Å². The fraction of sp³-hybridized carbons (Fsp3) is 0.357. The van der Waals surface area contributed by atoms with Gasteiger partial charge in [0.2, 0.25) is 11.7 Å². The third-order valence-corrected chi connectivity index (χ3v) is 6.87. The van der Waals surface area contributed by atoms with Gasteiger partial charge in [-0.2, -0.15) is 0 Å². The minimum absolute atomic E-state index is 0.182. The van der Waals surface area contributed by atoms with Crippen LogP contribution < -0.4 is 10.6 Å². The minimum Gasteiger partial charge on any atom is -0.457 e. The molecule has 0 radical (unpaired) electrons. The fourth-order valence-corrected chi connectivity index (χ4v) is 4.71. The number of nitrogens with two attached hydrogens (primary N) is 1. The first-order valence-electron chi connectivity index (χ1n) is 12.2. The Bertz CT molecular complexity index is 1230. The Balaban J connectivity index is 1.27. The maximum atomic E-state index is 12.9. The third-order valence-electron chi connectivity index (χ3n) is 6.87. The van der Waals surface area contributed by atoms with Gasteiger partial charge in [0.05, 0.1) is 11.5 Å². The summed E-state index contributed by atoms with van der Waals surface area (Å²) in [5.41, 5.74) is 9.39. The van der Waals surface area contributed by atoms with Crippen molar-refractivity contribution in [3.63, 3.8) is 0 Å². The lowest BCUT2D eigenvalue weighted by Gasteiger charge is -2.31. The second-order valence-electron chi connectivity index (χ2n) is 9.23. The Morgan fingerprint density at radius 3 is 2.42 bits per heavy atom. The van der Waals surface area contributed by atoms with Crippen LogP contribution in [0.3, 0.4) is 0 Å². The van der Waals surface area contributed by atoms with Gasteiger partial charge in [0, 0.05) is 42.8 Å². The number of aromatic nitrogens is 2. The Morgan fingerprint density at radius 1 is 1.06 bits per heavy atom. The van der Waals surface area contributed by atoms with Gasteiger partial charge in [-0.3, -0.25) is 14.4 Å². The zero-order chi connectivity index (χ0) is 25.7. The summed E-state index contributed by atoms with van der Waals surface area (Å²) in [4.78, 5) is 43.1. The topological polar surface area (TPSA) is 108 Å². The Labute approximate surface area is 211 Å². The smallest absolute Gasteiger partial charge is 0.309 e. The Morgan fingerprint density at radius 2 is 1.78 bits per heavy atom. The van der Waals surface area contributed by atoms with E-state index < -0.39 is 5.91 Å². The molecule has 8 nitrogen and oxygen atoms in total. The number of aryl methyl sites for hydroxylation is 2. The van der Waals surface area contributed by atoms with Crippen LogP contribution in [-0.4, -0.2) is 46.9 Å². The molecule has 0 bridgehead atoms. The van der Waals surface area contributed by atoms with Gasteiger partial charge >= 0.3 is 5.97 Å². The quantitative estimate of drug-likeness (QED) is 0.365. The normalized spacial score (nSPS) is 14.0. The first-order chi connectivity index (χ1) is 17.3. The van der Waals surface area contributed by atoms with Gasteiger partial charge in [0.1, 0.15) is 5.82 Å². The summed E-state index contributed by atoms with van der Waals surface area (Å²) in [5, 5.41) is 0. The number of esters is 1. The van der Waals surface area contributed by atoms with Gasteiger partial charge in [-0.05, 0) is 56.9 Å². The monoisotopic (exact) mass is 488 g/mol. The highest BCUT2D eigenvalue weighted by molar-refractivity contribution is 5.99. The number of hydrogen-bond acceptors (Lipinski definition) is 6. The van der Waals surface area contributed by atoms with Crippen molar-refractivity contribution < 1.29 is 19.1 Å². The lowest BCUT2D eigenvalue weighted by atomic mass is 9.97. The van der Waals surface area contributed by atoms with Crippen molar-refractivity contribution in [2.24, 2.45) is 11.7 Å². The number of nitrogens with zero attached hydrogens (tertiary/aromatic N) is 3. The second kappa shape index (κ2) is 11.2. The molecule has 1 fully saturated rings. The molecule has 3 aromatic rings. The molecule has 3 heterocycles. The van der Waals surface area contributed by atoms with Gasteiger partial charge in [0.15, 0.2) is 6.61 Å². The van der Waals surface area contributed by atoms with E-state index in [0.29, 0.717) is 37.1 Å². The maximum Gasteiger partial charge on any atom is 0.309 e. The number of amides is 1. The number of piperidine rings is 1. The molecule has 0 spiro atoms. The van der Waals surface area contributed by atoms with Crippen molar-refractivity contribution in [1.82, 2.24) is 9.55 Å². The number of benzene rings is 1. The fourth-order valence-electron chi connectivity index (χ4n) is 4.71. The summed E-state index contributed by atoms with van der Waals surface area (Å²) in [6.07, 6.45) is 3.56. The first kappa shape index (κ1) is 25.2. The molecule has 1 aliphatic rings. The molecule has 36 heavy (non-hydrogen) atoms. The number of carbonyl (C=O) groups is 3. The molecule has 188 valence electrons. The summed E-state index contributed by atoms with van der Waals surface area (Å²) in [6, 6.07) is 15.5. The van der Waals surface area contributed by atoms with Gasteiger partial charge in [-0.1, -0.05) is 30.3 Å². The minimum atomic E-state index is -0.515. The highest BCUT2D eigenvalue weighted by Gasteiger charge is 2.28. The highest BCUT2D eigenvalue weighted by Crippen LogP contribution is 2.23. The molecule has 1 saturated heterocycles. The average molecular weight is 489 g/mol. The number of Topliss-reactive ketones (excluding diaryl/α,β-unsaturated/α-hetero) is 1. The molecule has 0 atom stereocenters. The van der Waals surface area contributed by atoms with Crippen LogP contribution in [0.15, 0.2) is 54.7 Å². The number of ether oxygens (including phenoxy) is 1. The van der Waals surface area contributed by atoms with Crippen molar-refractivity contribution in [3.8, 4) is 0 Å². The van der Waals surface area contributed by atoms with Gasteiger partial charge < -0.3 is 19.9 Å². The molecule has 1 aromatic carbocycles. The zero-order valence-electron chi connectivity index (χ0n) is 20.8. The standard InChI is InChI=1S/C28H32N4O4/c1-19-16-24(20(2)32(19)15-10-21-6-4-3-5-7-21)25(33)18-36-28(35)22-11-13-31(14-12-22)26-9-8-23(17-30-26)27(29)34/h3-9,16-17,22H,10-15,18H2,1-2H3,(H2,29,34). The van der Waals surface area contributed by atoms with Crippen LogP contribution >= 0.6 is 0 Å². The zero-order valence-corrected chi connectivity index (χ0v) is 20.8. The summed E-state index contributed by atoms with van der Waals surface area (Å²) in [6.45, 7) is 5.74. The van der Waals surface area contributed by atoms with Crippen molar-refractivity contribution in [2.45, 2.75) is 39.7 Å². The van der Waals surface area contributed by atoms with Crippen LogP contribution in [0.5, 0.6) is 0 Å². The van der Waals surface area contributed by atoms with Crippen molar-refractivity contribution in [2.75, 3.05) is 24.6 Å². The van der Waals surface area contributed by atoms with Gasteiger partial charge in [-0.15, -0.1) is 0 Å². The number of pyridine rings is 1. The van der Waals surface area contributed by atoms with E-state index >= 15 is 0 Å². The number of rotatable bonds is 9. The predicted octanol–water partition coefficient (Wildman–Crippen LogP) is 3.48. The number of hydrogen-bond donors (Lipinski definition) is 1. The number of primary amides is 1. The molecule has 1 amide bonds. The van der Waals surface area contributed by atoms with E-state index in [1.807, 2.05) is 38.1 Å². The SMILES string of the molecule is Cc1cc(C(=O)COC(=O)C2CCN(c3ccc(C(N)=O)cn3)CC2)c(C)n1CCc1ccccc1. The van der Waals surface area contributed by atoms with Gasteiger partial charge in [-0.25, -0.2) is 4.98 Å². The van der Waals surface area contributed by atoms with Crippen molar-refractivity contribution in [1.29, 1.82) is 0 Å². The molecular weight excluding hydrogens is 456 g/mol. The lowest BCUT2D eigenvalue weighted by molar-refractivity contribution is -0.148. The van der Waals surface area contributed by atoms with Crippen LogP contribution in [0.25, 0.3) is 0 Å². The van der Waals surface area contributed by atoms with Crippen LogP contribution in [-0.2, 0) is 22.5 Å². The molecule has 4 rings (SSSR count). The molecule has 2 N–H and O–H groups in total. The molecule has 2 aromatic heterocycles. The van der Waals surface area contributed by atoms with E-state index in [1.54, 1.807) is 12.1 Å². The van der Waals surface area contributed by atoms with Crippen LogP contribution in [0.1, 0.15) is 50.5 Å². The average Bonchev–Trinajstić information content (AvgIpc) is 3.19. The second-order valence-corrected chi connectivity index (χ2v) is 9.23. The van der Waals surface area contributed by atoms with Crippen molar-refractivity contribution in [3.05, 3.63) is 82.8 Å². The molecule has 8 heteroatoms. The molecular formula is C28H32N4O4. The molecule has 0 unspecified atom stereocenters. The third kappa shape index (κ3) is 5.82. The number of carbonyl (C=O) groups excluding carboxylic acids is 3. The lowest BCUT2D eigenvalue weighted by Crippen LogP contribution is -2.37. The first-order valence-corrected chi connectivity index (χ1v) is 12.2. The van der Waals surface area contributed by atoms with Crippen LogP contribution in [0.2, 0.25) is 0 Å². The van der Waals surface area contributed by atoms with E-state index in [0.717, 1.165) is 30.2 Å². The van der Waals surface area contributed by atoms with Crippen molar-refractivity contribution >= 4 is 23.5 Å². The molecule has 0 aliphatic carbocycles. The highest BCUT2D eigenvalue weighted by atomic mass is 16.5. The molecule has 1 aliphatic heterocycles. The largest absolute Gasteiger partial charge is 0.457 e. The number of anilines is 1.